The molecule has 0 aliphatic carbocycles. The van der Waals surface area contributed by atoms with Gasteiger partial charge in [-0.3, -0.25) is 0 Å². The van der Waals surface area contributed by atoms with Crippen molar-refractivity contribution < 1.29 is 5.43 Å². The van der Waals surface area contributed by atoms with Crippen molar-refractivity contribution in [1.82, 2.24) is 10.5 Å². The largest absolute Gasteiger partial charge is 0.240 e. The summed E-state index contributed by atoms with van der Waals surface area (Å²) in [6.45, 7) is 7.76. The van der Waals surface area contributed by atoms with Gasteiger partial charge in [-0.2, -0.15) is 0 Å². The molecule has 0 radical (unpaired) electrons. The third-order valence-electron chi connectivity index (χ3n) is 1.18. The van der Waals surface area contributed by atoms with Gasteiger partial charge in [0.05, 0.1) is 6.20 Å². The van der Waals surface area contributed by atoms with E-state index in [1.807, 2.05) is 30.5 Å². The molecule has 0 bridgehead atoms. The Morgan fingerprint density at radius 2 is 2.56 bits per heavy atom. The van der Waals surface area contributed by atoms with E-state index in [1.165, 1.54) is 5.70 Å². The molecular weight excluding hydrogens is 114 g/mol. The summed E-state index contributed by atoms with van der Waals surface area (Å²) in [6.07, 6.45) is 2.00. The summed E-state index contributed by atoms with van der Waals surface area (Å²) in [5.41, 5.74) is 7.18. The van der Waals surface area contributed by atoms with Gasteiger partial charge in [0.1, 0.15) is 5.70 Å². The molecule has 0 unspecified atom stereocenters. The van der Waals surface area contributed by atoms with Crippen LogP contribution in [-0.4, -0.2) is 5.01 Å². The molecule has 1 aliphatic heterocycles. The predicted octanol–water partition coefficient (Wildman–Crippen LogP) is -0.320. The van der Waals surface area contributed by atoms with Gasteiger partial charge in [-0.1, -0.05) is 12.1 Å². The maximum absolute atomic E-state index is 3.77. The summed E-state index contributed by atoms with van der Waals surface area (Å²) in [7, 11) is 0. The Labute approximate surface area is 55.0 Å². The first-order valence-corrected chi connectivity index (χ1v) is 2.92. The molecule has 0 aromatic rings. The summed E-state index contributed by atoms with van der Waals surface area (Å²) in [5, 5.41) is 1.88. The van der Waals surface area contributed by atoms with Crippen molar-refractivity contribution in [1.29, 1.82) is 0 Å². The molecule has 0 saturated heterocycles. The van der Waals surface area contributed by atoms with E-state index < -0.39 is 0 Å². The highest BCUT2D eigenvalue weighted by Gasteiger charge is 2.10. The van der Waals surface area contributed by atoms with E-state index in [1.54, 1.807) is 0 Å². The Morgan fingerprint density at radius 3 is 2.78 bits per heavy atom. The maximum Gasteiger partial charge on any atom is 0.141 e. The molecule has 0 saturated carbocycles. The predicted molar refractivity (Wildman–Crippen MR) is 35.5 cm³/mol. The fourth-order valence-electron chi connectivity index (χ4n) is 0.670. The van der Waals surface area contributed by atoms with Gasteiger partial charge in [-0.25, -0.2) is 10.4 Å². The highest BCUT2D eigenvalue weighted by molar-refractivity contribution is 4.97. The number of nitrogens with one attached hydrogen (secondary N) is 1. The van der Waals surface area contributed by atoms with E-state index in [0.29, 0.717) is 0 Å². The Hall–Kier alpha value is -0.800. The second-order valence-corrected chi connectivity index (χ2v) is 2.25. The molecular formula is C6H12N3+. The first-order valence-electron chi connectivity index (χ1n) is 2.92. The van der Waals surface area contributed by atoms with Gasteiger partial charge in [-0.05, 0) is 6.92 Å². The van der Waals surface area contributed by atoms with Crippen molar-refractivity contribution in [2.24, 2.45) is 0 Å². The first kappa shape index (κ1) is 6.32. The summed E-state index contributed by atoms with van der Waals surface area (Å²) in [6, 6.07) is 0. The van der Waals surface area contributed by atoms with Gasteiger partial charge in [-0.15, -0.1) is 0 Å². The van der Waals surface area contributed by atoms with E-state index in [2.05, 4.69) is 12.1 Å². The van der Waals surface area contributed by atoms with E-state index in [0.717, 1.165) is 5.70 Å². The van der Waals surface area contributed by atoms with Crippen LogP contribution in [0.25, 0.3) is 0 Å². The summed E-state index contributed by atoms with van der Waals surface area (Å²) in [5.74, 6) is 0. The van der Waals surface area contributed by atoms with Crippen LogP contribution in [0.15, 0.2) is 24.2 Å². The van der Waals surface area contributed by atoms with Crippen molar-refractivity contribution >= 4 is 0 Å². The zero-order chi connectivity index (χ0) is 6.85. The smallest absolute Gasteiger partial charge is 0.141 e. The van der Waals surface area contributed by atoms with Crippen molar-refractivity contribution in [2.75, 3.05) is 0 Å². The number of nitrogens with zero attached hydrogens (tertiary/aromatic N) is 1. The number of hydrazine groups is 1. The normalized spacial score (nSPS) is 18.0. The van der Waals surface area contributed by atoms with Gasteiger partial charge in [0.2, 0.25) is 0 Å². The van der Waals surface area contributed by atoms with Gasteiger partial charge in [0.15, 0.2) is 0 Å². The first-order chi connectivity index (χ1) is 4.20. The van der Waals surface area contributed by atoms with Crippen molar-refractivity contribution in [3.63, 3.8) is 0 Å². The van der Waals surface area contributed by atoms with Crippen LogP contribution in [-0.2, 0) is 0 Å². The number of allylic oxidation sites excluding steroid dienone is 2. The molecule has 3 nitrogen and oxygen atoms in total. The molecule has 3 N–H and O–H groups in total. The molecule has 0 aromatic heterocycles. The van der Waals surface area contributed by atoms with E-state index >= 15 is 0 Å². The lowest BCUT2D eigenvalue weighted by atomic mass is 10.5. The fraction of sp³-hybridized carbons (Fsp3) is 0.333. The van der Waals surface area contributed by atoms with Crippen LogP contribution >= 0.6 is 0 Å². The second kappa shape index (κ2) is 2.21. The standard InChI is InChI=1S/C6H11N3/c1-5(2)9-4-6(3)7-8-9/h4,7-8H,1H2,2-3H3/p+1. The zero-order valence-corrected chi connectivity index (χ0v) is 5.81. The highest BCUT2D eigenvalue weighted by Crippen LogP contribution is 1.98. The maximum atomic E-state index is 3.77. The number of nitrogens with two attached hydrogens (primary N) is 1. The van der Waals surface area contributed by atoms with Crippen LogP contribution in [0.3, 0.4) is 0 Å². The average molecular weight is 126 g/mol. The number of hydrogen-bond donors (Lipinski definition) is 2. The lowest BCUT2D eigenvalue weighted by Gasteiger charge is -2.09. The molecule has 0 fully saturated rings. The van der Waals surface area contributed by atoms with Crippen molar-refractivity contribution in [3.8, 4) is 0 Å². The molecule has 1 heterocycles. The van der Waals surface area contributed by atoms with Crippen LogP contribution in [0.5, 0.6) is 0 Å². The van der Waals surface area contributed by atoms with E-state index in [9.17, 15) is 0 Å². The molecule has 1 aliphatic rings. The topological polar surface area (TPSA) is 31.9 Å². The van der Waals surface area contributed by atoms with Gasteiger partial charge >= 0.3 is 0 Å². The Morgan fingerprint density at radius 1 is 1.89 bits per heavy atom. The Balaban J connectivity index is 2.57. The number of quaternary nitrogens is 1. The molecule has 50 valence electrons. The van der Waals surface area contributed by atoms with E-state index in [-0.39, 0.29) is 0 Å². The fourth-order valence-corrected chi connectivity index (χ4v) is 0.670. The molecule has 0 amide bonds. The van der Waals surface area contributed by atoms with Gasteiger partial charge in [0.25, 0.3) is 0 Å². The Kier molecular flexibility index (Phi) is 1.55. The molecule has 0 aromatic carbocycles. The second-order valence-electron chi connectivity index (χ2n) is 2.25. The van der Waals surface area contributed by atoms with E-state index in [4.69, 9.17) is 0 Å². The summed E-state index contributed by atoms with van der Waals surface area (Å²) < 4.78 is 0. The van der Waals surface area contributed by atoms with Crippen molar-refractivity contribution in [2.45, 2.75) is 13.8 Å². The quantitative estimate of drug-likeness (QED) is 0.472. The number of hydrogen-bond acceptors (Lipinski definition) is 2. The van der Waals surface area contributed by atoms with Crippen molar-refractivity contribution in [3.05, 3.63) is 24.2 Å². The molecule has 9 heavy (non-hydrogen) atoms. The van der Waals surface area contributed by atoms with Crippen LogP contribution in [0, 0.1) is 0 Å². The minimum atomic E-state index is 1.00. The molecule has 0 atom stereocenters. The molecule has 1 rings (SSSR count). The highest BCUT2D eigenvalue weighted by atomic mass is 15.7. The lowest BCUT2D eigenvalue weighted by Crippen LogP contribution is -2.90. The van der Waals surface area contributed by atoms with Gasteiger partial charge < -0.3 is 0 Å². The van der Waals surface area contributed by atoms with Crippen LogP contribution in [0.4, 0.5) is 0 Å². The molecule has 0 spiro atoms. The lowest BCUT2D eigenvalue weighted by molar-refractivity contribution is -0.674. The van der Waals surface area contributed by atoms with Crippen LogP contribution in [0.1, 0.15) is 13.8 Å². The minimum absolute atomic E-state index is 1.00. The van der Waals surface area contributed by atoms with Crippen LogP contribution < -0.4 is 11.0 Å². The SMILES string of the molecule is C=C(C)N1C=C(C)[NH2+]N1. The zero-order valence-electron chi connectivity index (χ0n) is 5.81. The Bertz CT molecular complexity index is 160. The minimum Gasteiger partial charge on any atom is -0.240 e. The third kappa shape index (κ3) is 1.31. The molecule has 3 heteroatoms. The monoisotopic (exact) mass is 126 g/mol. The summed E-state index contributed by atoms with van der Waals surface area (Å²) >= 11 is 0. The van der Waals surface area contributed by atoms with Crippen LogP contribution in [0.2, 0.25) is 0 Å². The number of rotatable bonds is 1. The van der Waals surface area contributed by atoms with Gasteiger partial charge in [0, 0.05) is 12.6 Å². The average Bonchev–Trinajstić information content (AvgIpc) is 2.14. The third-order valence-corrected chi connectivity index (χ3v) is 1.18. The summed E-state index contributed by atoms with van der Waals surface area (Å²) in [4.78, 5) is 0.